The molecule has 0 bridgehead atoms. The Morgan fingerprint density at radius 2 is 1.65 bits per heavy atom. The van der Waals surface area contributed by atoms with Crippen molar-refractivity contribution in [2.75, 3.05) is 5.75 Å². The minimum atomic E-state index is -6.18. The second-order valence-electron chi connectivity index (χ2n) is 7.94. The third kappa shape index (κ3) is 4.38. The average molecular weight is 476 g/mol. The zero-order valence-electron chi connectivity index (χ0n) is 15.9. The van der Waals surface area contributed by atoms with E-state index in [2.05, 4.69) is 5.32 Å². The molecule has 0 saturated heterocycles. The third-order valence-electron chi connectivity index (χ3n) is 5.97. The molecule has 174 valence electrons. The molecule has 2 aliphatic carbocycles. The van der Waals surface area contributed by atoms with Crippen molar-refractivity contribution in [2.24, 2.45) is 11.1 Å². The Hall–Kier alpha value is -1.89. The predicted molar refractivity (Wildman–Crippen MR) is 95.0 cm³/mol. The van der Waals surface area contributed by atoms with E-state index in [0.29, 0.717) is 37.0 Å². The van der Waals surface area contributed by atoms with Crippen LogP contribution in [0.5, 0.6) is 0 Å². The Kier molecular flexibility index (Phi) is 5.83. The largest absolute Gasteiger partial charge is 0.435 e. The van der Waals surface area contributed by atoms with Gasteiger partial charge in [0.1, 0.15) is 5.75 Å². The Bertz CT molecular complexity index is 961. The Morgan fingerprint density at radius 3 is 2.19 bits per heavy atom. The van der Waals surface area contributed by atoms with Gasteiger partial charge in [0.25, 0.3) is 0 Å². The summed E-state index contributed by atoms with van der Waals surface area (Å²) in [6.45, 7) is 0. The van der Waals surface area contributed by atoms with Gasteiger partial charge in [-0.25, -0.2) is 17.9 Å². The van der Waals surface area contributed by atoms with Gasteiger partial charge in [-0.3, -0.25) is 4.79 Å². The lowest BCUT2D eigenvalue weighted by molar-refractivity contribution is -0.348. The highest BCUT2D eigenvalue weighted by Gasteiger charge is 2.73. The van der Waals surface area contributed by atoms with Crippen LogP contribution in [0, 0.1) is 5.92 Å². The van der Waals surface area contributed by atoms with Gasteiger partial charge in [-0.2, -0.15) is 26.3 Å². The molecule has 0 aromatic heterocycles. The molecule has 1 aromatic rings. The summed E-state index contributed by atoms with van der Waals surface area (Å²) >= 11 is 0. The highest BCUT2D eigenvalue weighted by Crippen LogP contribution is 2.54. The molecule has 1 amide bonds. The Labute approximate surface area is 173 Å². The number of amides is 1. The number of sulfonamides is 1. The normalized spacial score (nSPS) is 24.5. The minimum absolute atomic E-state index is 0.0949. The summed E-state index contributed by atoms with van der Waals surface area (Å²) in [5.41, 5.74) is -6.28. The molecule has 3 N–H and O–H groups in total. The minimum Gasteiger partial charge on any atom is -0.352 e. The van der Waals surface area contributed by atoms with E-state index >= 15 is 0 Å². The SMILES string of the molecule is NS(=O)(=O)CC(=O)N[C@@H]1CC[C@H]2c3ccc(C(F)(C(F)(F)F)C(F)(F)F)cc3CC[C@@H]12. The van der Waals surface area contributed by atoms with Gasteiger partial charge in [0.2, 0.25) is 15.9 Å². The average Bonchev–Trinajstić information content (AvgIpc) is 3.00. The maximum absolute atomic E-state index is 14.4. The number of hydrogen-bond acceptors (Lipinski definition) is 3. The molecule has 2 aliphatic rings. The quantitative estimate of drug-likeness (QED) is 0.655. The van der Waals surface area contributed by atoms with Crippen molar-refractivity contribution in [3.05, 3.63) is 34.9 Å². The van der Waals surface area contributed by atoms with Crippen molar-refractivity contribution in [1.29, 1.82) is 0 Å². The van der Waals surface area contributed by atoms with Crippen LogP contribution < -0.4 is 10.5 Å². The number of alkyl halides is 7. The van der Waals surface area contributed by atoms with Crippen molar-refractivity contribution in [1.82, 2.24) is 5.32 Å². The summed E-state index contributed by atoms with van der Waals surface area (Å²) < 4.78 is 115. The van der Waals surface area contributed by atoms with Crippen LogP contribution in [0.2, 0.25) is 0 Å². The van der Waals surface area contributed by atoms with Gasteiger partial charge < -0.3 is 5.32 Å². The van der Waals surface area contributed by atoms with Crippen LogP contribution in [0.25, 0.3) is 0 Å². The maximum atomic E-state index is 14.4. The topological polar surface area (TPSA) is 89.3 Å². The molecule has 1 fully saturated rings. The van der Waals surface area contributed by atoms with Crippen LogP contribution in [0.4, 0.5) is 30.7 Å². The molecule has 1 aromatic carbocycles. The summed E-state index contributed by atoms with van der Waals surface area (Å²) in [4.78, 5) is 11.9. The molecule has 3 atom stereocenters. The lowest BCUT2D eigenvalue weighted by atomic mass is 9.74. The van der Waals surface area contributed by atoms with Gasteiger partial charge in [0.15, 0.2) is 0 Å². The van der Waals surface area contributed by atoms with Crippen molar-refractivity contribution in [2.45, 2.75) is 55.7 Å². The third-order valence-corrected chi connectivity index (χ3v) is 6.63. The number of halogens is 7. The van der Waals surface area contributed by atoms with E-state index in [1.54, 1.807) is 0 Å². The molecule has 31 heavy (non-hydrogen) atoms. The summed E-state index contributed by atoms with van der Waals surface area (Å²) in [7, 11) is -4.02. The fourth-order valence-electron chi connectivity index (χ4n) is 4.68. The first-order chi connectivity index (χ1) is 14.0. The summed E-state index contributed by atoms with van der Waals surface area (Å²) in [6.07, 6.45) is -11.0. The van der Waals surface area contributed by atoms with Gasteiger partial charge in [-0.1, -0.05) is 18.2 Å². The number of aryl methyl sites for hydroxylation is 1. The zero-order valence-corrected chi connectivity index (χ0v) is 16.7. The number of benzene rings is 1. The Morgan fingerprint density at radius 1 is 1.03 bits per heavy atom. The first-order valence-corrected chi connectivity index (χ1v) is 11.0. The van der Waals surface area contributed by atoms with E-state index in [-0.39, 0.29) is 23.8 Å². The van der Waals surface area contributed by atoms with Crippen LogP contribution in [-0.4, -0.2) is 38.5 Å². The number of nitrogens with one attached hydrogen (secondary N) is 1. The summed E-state index contributed by atoms with van der Waals surface area (Å²) in [6, 6.07) is 1.81. The number of nitrogens with two attached hydrogens (primary N) is 1. The molecule has 5 nitrogen and oxygen atoms in total. The van der Waals surface area contributed by atoms with Crippen molar-refractivity contribution in [3.8, 4) is 0 Å². The predicted octanol–water partition coefficient (Wildman–Crippen LogP) is 3.19. The number of carbonyl (C=O) groups excluding carboxylic acids is 1. The number of hydrogen-bond donors (Lipinski definition) is 2. The summed E-state index contributed by atoms with van der Waals surface area (Å²) in [5.74, 6) is -2.12. The number of rotatable bonds is 4. The number of fused-ring (bicyclic) bond motifs is 3. The van der Waals surface area contributed by atoms with E-state index in [4.69, 9.17) is 5.14 Å². The van der Waals surface area contributed by atoms with Crippen molar-refractivity contribution < 1.29 is 43.9 Å². The van der Waals surface area contributed by atoms with Crippen LogP contribution in [0.15, 0.2) is 18.2 Å². The van der Waals surface area contributed by atoms with Crippen LogP contribution in [0.3, 0.4) is 0 Å². The second kappa shape index (κ2) is 7.61. The smallest absolute Gasteiger partial charge is 0.352 e. The first kappa shape index (κ1) is 23.8. The van der Waals surface area contributed by atoms with E-state index in [1.165, 1.54) is 0 Å². The second-order valence-corrected chi connectivity index (χ2v) is 9.55. The fourth-order valence-corrected chi connectivity index (χ4v) is 5.12. The number of primary sulfonamides is 1. The zero-order chi connectivity index (χ0) is 23.4. The lowest BCUT2D eigenvalue weighted by Crippen LogP contribution is -2.50. The molecule has 0 aliphatic heterocycles. The summed E-state index contributed by atoms with van der Waals surface area (Å²) in [5, 5.41) is 7.42. The van der Waals surface area contributed by atoms with E-state index in [9.17, 15) is 43.9 Å². The van der Waals surface area contributed by atoms with Crippen molar-refractivity contribution >= 4 is 15.9 Å². The Balaban J connectivity index is 1.86. The molecule has 0 heterocycles. The first-order valence-electron chi connectivity index (χ1n) is 9.30. The van der Waals surface area contributed by atoms with Crippen LogP contribution in [0.1, 0.15) is 41.9 Å². The monoisotopic (exact) mass is 476 g/mol. The van der Waals surface area contributed by atoms with Gasteiger partial charge in [0.05, 0.1) is 0 Å². The van der Waals surface area contributed by atoms with Gasteiger partial charge in [-0.05, 0) is 48.6 Å². The van der Waals surface area contributed by atoms with Gasteiger partial charge >= 0.3 is 18.0 Å². The van der Waals surface area contributed by atoms with Crippen LogP contribution >= 0.6 is 0 Å². The molecule has 13 heteroatoms. The van der Waals surface area contributed by atoms with E-state index < -0.39 is 51.3 Å². The van der Waals surface area contributed by atoms with Gasteiger partial charge in [-0.15, -0.1) is 0 Å². The van der Waals surface area contributed by atoms with Crippen LogP contribution in [-0.2, 0) is 26.9 Å². The van der Waals surface area contributed by atoms with Crippen molar-refractivity contribution in [3.63, 3.8) is 0 Å². The highest BCUT2D eigenvalue weighted by atomic mass is 32.2. The fraction of sp³-hybridized carbons (Fsp3) is 0.611. The molecular formula is C18H19F7N2O3S. The maximum Gasteiger partial charge on any atom is 0.435 e. The molecule has 0 spiro atoms. The molecule has 0 unspecified atom stereocenters. The molecule has 0 radical (unpaired) electrons. The van der Waals surface area contributed by atoms with E-state index in [0.717, 1.165) is 6.07 Å². The highest BCUT2D eigenvalue weighted by molar-refractivity contribution is 7.89. The lowest BCUT2D eigenvalue weighted by Gasteiger charge is -2.34. The number of carbonyl (C=O) groups is 1. The molecular weight excluding hydrogens is 457 g/mol. The van der Waals surface area contributed by atoms with Gasteiger partial charge in [0, 0.05) is 11.6 Å². The molecule has 1 saturated carbocycles. The molecule has 3 rings (SSSR count). The van der Waals surface area contributed by atoms with E-state index in [1.807, 2.05) is 0 Å². The standard InChI is InChI=1S/C18H19F7N2O3S/c19-16(17(20,21)22,18(23,24)25)10-2-4-11-9(7-10)1-3-13-12(11)5-6-14(13)27-15(28)8-31(26,29)30/h2,4,7,12-14H,1,3,5-6,8H2,(H,27,28)(H2,26,29,30)/t12-,13+,14+/m0/s1.